The molecule has 5 rings (SSSR count). The number of aromatic nitrogens is 3. The van der Waals surface area contributed by atoms with E-state index in [0.29, 0.717) is 16.8 Å². The molecule has 1 unspecified atom stereocenters. The van der Waals surface area contributed by atoms with E-state index < -0.39 is 16.3 Å². The minimum atomic E-state index is -4.78. The highest BCUT2D eigenvalue weighted by atomic mass is 32.2. The van der Waals surface area contributed by atoms with Gasteiger partial charge in [0.05, 0.1) is 6.20 Å². The second kappa shape index (κ2) is 8.60. The Morgan fingerprint density at radius 2 is 1.55 bits per heavy atom. The quantitative estimate of drug-likeness (QED) is 0.486. The predicted molar refractivity (Wildman–Crippen MR) is 121 cm³/mol. The Hall–Kier alpha value is -3.24. The summed E-state index contributed by atoms with van der Waals surface area (Å²) in [6.45, 7) is 3.92. The van der Waals surface area contributed by atoms with Crippen molar-refractivity contribution in [3.63, 3.8) is 0 Å². The molecule has 3 heterocycles. The van der Waals surface area contributed by atoms with E-state index in [9.17, 15) is 17.4 Å². The molecular weight excluding hydrogens is 451 g/mol. The lowest BCUT2D eigenvalue weighted by Gasteiger charge is -2.29. The zero-order valence-electron chi connectivity index (χ0n) is 17.4. The normalized spacial score (nSPS) is 15.7. The SMILES string of the molecule is O=S(c1ccc(-c2cnn3cc(-c4ccc(N5CCNCC5)cc4)cnc23)cc1)C(F)(F)F. The van der Waals surface area contributed by atoms with E-state index in [-0.39, 0.29) is 4.90 Å². The Bertz CT molecular complexity index is 1300. The first-order valence-electron chi connectivity index (χ1n) is 10.4. The highest BCUT2D eigenvalue weighted by molar-refractivity contribution is 7.86. The molecule has 0 aliphatic carbocycles. The Balaban J connectivity index is 1.39. The van der Waals surface area contributed by atoms with Gasteiger partial charge in [0, 0.05) is 60.3 Å². The summed E-state index contributed by atoms with van der Waals surface area (Å²) in [7, 11) is -3.05. The van der Waals surface area contributed by atoms with Crippen molar-refractivity contribution in [3.8, 4) is 22.3 Å². The summed E-state index contributed by atoms with van der Waals surface area (Å²) >= 11 is 0. The summed E-state index contributed by atoms with van der Waals surface area (Å²) in [5.74, 6) is 0. The Morgan fingerprint density at radius 1 is 0.879 bits per heavy atom. The number of benzene rings is 2. The number of fused-ring (bicyclic) bond motifs is 1. The Kier molecular flexibility index (Phi) is 5.63. The number of alkyl halides is 3. The number of halogens is 3. The number of hydrogen-bond acceptors (Lipinski definition) is 5. The molecule has 1 aliphatic heterocycles. The number of rotatable bonds is 4. The van der Waals surface area contributed by atoms with Crippen LogP contribution >= 0.6 is 0 Å². The average molecular weight is 472 g/mol. The molecule has 1 atom stereocenters. The van der Waals surface area contributed by atoms with Gasteiger partial charge >= 0.3 is 5.51 Å². The van der Waals surface area contributed by atoms with Crippen LogP contribution in [0.1, 0.15) is 0 Å². The molecule has 0 amide bonds. The molecule has 10 heteroatoms. The van der Waals surface area contributed by atoms with Crippen molar-refractivity contribution in [2.45, 2.75) is 10.4 Å². The first-order valence-corrected chi connectivity index (χ1v) is 11.5. The third-order valence-electron chi connectivity index (χ3n) is 5.63. The third-order valence-corrected chi connectivity index (χ3v) is 6.75. The first-order chi connectivity index (χ1) is 15.9. The fourth-order valence-electron chi connectivity index (χ4n) is 3.91. The van der Waals surface area contributed by atoms with Crippen molar-refractivity contribution in [2.75, 3.05) is 31.1 Å². The van der Waals surface area contributed by atoms with Gasteiger partial charge < -0.3 is 10.2 Å². The summed E-state index contributed by atoms with van der Waals surface area (Å²) in [6, 6.07) is 13.8. The number of nitrogens with one attached hydrogen (secondary N) is 1. The van der Waals surface area contributed by atoms with Crippen molar-refractivity contribution in [3.05, 3.63) is 67.1 Å². The highest BCUT2D eigenvalue weighted by Gasteiger charge is 2.37. The highest BCUT2D eigenvalue weighted by Crippen LogP contribution is 2.30. The topological polar surface area (TPSA) is 62.5 Å². The van der Waals surface area contributed by atoms with E-state index in [1.54, 1.807) is 16.9 Å². The molecular formula is C23H20F3N5OS. The van der Waals surface area contributed by atoms with Crippen LogP contribution in [0.25, 0.3) is 27.9 Å². The average Bonchev–Trinajstić information content (AvgIpc) is 3.27. The van der Waals surface area contributed by atoms with Crippen LogP contribution in [0.4, 0.5) is 18.9 Å². The molecule has 0 radical (unpaired) electrons. The van der Waals surface area contributed by atoms with Gasteiger partial charge in [0.15, 0.2) is 16.4 Å². The van der Waals surface area contributed by atoms with E-state index in [1.165, 1.54) is 30.0 Å². The van der Waals surface area contributed by atoms with Gasteiger partial charge in [0.25, 0.3) is 0 Å². The zero-order chi connectivity index (χ0) is 23.0. The van der Waals surface area contributed by atoms with Gasteiger partial charge in [0.2, 0.25) is 0 Å². The molecule has 1 N–H and O–H groups in total. The zero-order valence-corrected chi connectivity index (χ0v) is 18.2. The van der Waals surface area contributed by atoms with Crippen molar-refractivity contribution < 1.29 is 17.4 Å². The fourth-order valence-corrected chi connectivity index (χ4v) is 4.56. The van der Waals surface area contributed by atoms with Crippen LogP contribution < -0.4 is 10.2 Å². The van der Waals surface area contributed by atoms with Crippen LogP contribution in [-0.2, 0) is 10.8 Å². The number of piperazine rings is 1. The van der Waals surface area contributed by atoms with E-state index in [2.05, 4.69) is 44.6 Å². The van der Waals surface area contributed by atoms with Crippen molar-refractivity contribution >= 4 is 22.1 Å². The van der Waals surface area contributed by atoms with Crippen LogP contribution in [0.3, 0.4) is 0 Å². The van der Waals surface area contributed by atoms with Gasteiger partial charge in [-0.2, -0.15) is 18.3 Å². The summed E-state index contributed by atoms with van der Waals surface area (Å²) in [5, 5.41) is 7.72. The smallest absolute Gasteiger partial charge is 0.369 e. The largest absolute Gasteiger partial charge is 0.475 e. The molecule has 1 aliphatic rings. The Labute approximate surface area is 190 Å². The van der Waals surface area contributed by atoms with Gasteiger partial charge in [-0.25, -0.2) is 13.7 Å². The van der Waals surface area contributed by atoms with Crippen LogP contribution in [0.15, 0.2) is 72.0 Å². The van der Waals surface area contributed by atoms with Crippen LogP contribution in [-0.4, -0.2) is 50.5 Å². The lowest BCUT2D eigenvalue weighted by Crippen LogP contribution is -2.43. The molecule has 2 aromatic heterocycles. The maximum absolute atomic E-state index is 12.7. The molecule has 33 heavy (non-hydrogen) atoms. The van der Waals surface area contributed by atoms with Gasteiger partial charge in [-0.15, -0.1) is 0 Å². The molecule has 4 aromatic rings. The minimum absolute atomic E-state index is 0.290. The van der Waals surface area contributed by atoms with Gasteiger partial charge in [-0.3, -0.25) is 0 Å². The predicted octanol–water partition coefficient (Wildman–Crippen LogP) is 4.10. The summed E-state index contributed by atoms with van der Waals surface area (Å²) < 4.78 is 51.2. The van der Waals surface area contributed by atoms with Gasteiger partial charge in [-0.05, 0) is 35.4 Å². The van der Waals surface area contributed by atoms with E-state index in [1.807, 2.05) is 6.20 Å². The summed E-state index contributed by atoms with van der Waals surface area (Å²) in [5.41, 5.74) is 0.228. The Morgan fingerprint density at radius 3 is 2.21 bits per heavy atom. The summed E-state index contributed by atoms with van der Waals surface area (Å²) in [4.78, 5) is 6.60. The van der Waals surface area contributed by atoms with E-state index in [4.69, 9.17) is 0 Å². The van der Waals surface area contributed by atoms with Crippen LogP contribution in [0.5, 0.6) is 0 Å². The molecule has 0 saturated carbocycles. The van der Waals surface area contributed by atoms with Crippen molar-refractivity contribution in [1.82, 2.24) is 19.9 Å². The lowest BCUT2D eigenvalue weighted by molar-refractivity contribution is -0.0384. The first kappa shape index (κ1) is 21.6. The van der Waals surface area contributed by atoms with Crippen LogP contribution in [0, 0.1) is 0 Å². The fraction of sp³-hybridized carbons (Fsp3) is 0.217. The van der Waals surface area contributed by atoms with Crippen molar-refractivity contribution in [1.29, 1.82) is 0 Å². The third kappa shape index (κ3) is 4.36. The molecule has 1 saturated heterocycles. The van der Waals surface area contributed by atoms with Crippen LogP contribution in [0.2, 0.25) is 0 Å². The molecule has 6 nitrogen and oxygen atoms in total. The second-order valence-corrected chi connectivity index (χ2v) is 9.16. The number of hydrogen-bond donors (Lipinski definition) is 1. The van der Waals surface area contributed by atoms with E-state index in [0.717, 1.165) is 37.3 Å². The molecule has 0 spiro atoms. The van der Waals surface area contributed by atoms with E-state index >= 15 is 0 Å². The molecule has 0 bridgehead atoms. The lowest BCUT2D eigenvalue weighted by atomic mass is 10.1. The van der Waals surface area contributed by atoms with Gasteiger partial charge in [0.1, 0.15) is 0 Å². The summed E-state index contributed by atoms with van der Waals surface area (Å²) in [6.07, 6.45) is 5.25. The van der Waals surface area contributed by atoms with Crippen molar-refractivity contribution in [2.24, 2.45) is 0 Å². The molecule has 170 valence electrons. The monoisotopic (exact) mass is 471 g/mol. The van der Waals surface area contributed by atoms with Gasteiger partial charge in [-0.1, -0.05) is 24.3 Å². The molecule has 1 fully saturated rings. The number of nitrogens with zero attached hydrogens (tertiary/aromatic N) is 4. The second-order valence-electron chi connectivity index (χ2n) is 7.69. The number of anilines is 1. The molecule has 2 aromatic carbocycles. The maximum Gasteiger partial charge on any atom is 0.475 e. The minimum Gasteiger partial charge on any atom is -0.369 e. The maximum atomic E-state index is 12.7. The standard InChI is InChI=1S/C23H20F3N5OS/c24-23(25,26)33(32)20-7-3-17(4-8-20)21-14-29-31-15-18(13-28-22(21)31)16-1-5-19(6-2-16)30-11-9-27-10-12-30/h1-8,13-15,27H,9-12H2.